The summed E-state index contributed by atoms with van der Waals surface area (Å²) >= 11 is 0. The van der Waals surface area contributed by atoms with Gasteiger partial charge in [0.25, 0.3) is 11.8 Å². The summed E-state index contributed by atoms with van der Waals surface area (Å²) in [6.45, 7) is 10.6. The van der Waals surface area contributed by atoms with E-state index in [1.807, 2.05) is 48.2 Å². The number of carbonyl (C=O) groups is 3. The van der Waals surface area contributed by atoms with Crippen LogP contribution in [0.2, 0.25) is 0 Å². The van der Waals surface area contributed by atoms with E-state index in [2.05, 4.69) is 39.1 Å². The highest BCUT2D eigenvalue weighted by atomic mass is 35.5. The molecule has 0 aliphatic carbocycles. The van der Waals surface area contributed by atoms with Gasteiger partial charge in [-0.05, 0) is 88.3 Å². The van der Waals surface area contributed by atoms with Gasteiger partial charge in [-0.2, -0.15) is 0 Å². The highest BCUT2D eigenvalue weighted by molar-refractivity contribution is 6.11. The molecule has 0 bridgehead atoms. The number of aromatic nitrogens is 2. The zero-order valence-electron chi connectivity index (χ0n) is 33.5. The van der Waals surface area contributed by atoms with Crippen molar-refractivity contribution in [3.63, 3.8) is 0 Å². The Labute approximate surface area is 354 Å². The number of aryl methyl sites for hydroxylation is 1. The lowest BCUT2D eigenvalue weighted by atomic mass is 10.1. The number of anilines is 2. The number of para-hydroxylation sites is 1. The van der Waals surface area contributed by atoms with Crippen LogP contribution in [-0.2, 0) is 11.3 Å². The highest BCUT2D eigenvalue weighted by Gasteiger charge is 2.23. The number of nitrogens with zero attached hydrogens (tertiary/aromatic N) is 6. The molecule has 3 aromatic carbocycles. The highest BCUT2D eigenvalue weighted by Crippen LogP contribution is 2.32. The van der Waals surface area contributed by atoms with Crippen molar-refractivity contribution in [2.45, 2.75) is 39.2 Å². The minimum Gasteiger partial charge on any atom is -0.496 e. The van der Waals surface area contributed by atoms with Gasteiger partial charge in [0.2, 0.25) is 5.91 Å². The number of H-pyrrole nitrogens is 1. The second-order valence-electron chi connectivity index (χ2n) is 14.5. The van der Waals surface area contributed by atoms with Gasteiger partial charge in [0.1, 0.15) is 22.8 Å². The molecule has 0 spiro atoms. The molecule has 2 aliphatic heterocycles. The third-order valence-corrected chi connectivity index (χ3v) is 10.4. The fraction of sp³-hybridized carbons (Fsp3) is 0.463. The number of aromatic amines is 1. The molecular formula is C41H57Cl3N8O5. The van der Waals surface area contributed by atoms with E-state index in [-0.39, 0.29) is 60.7 Å². The first-order valence-electron chi connectivity index (χ1n) is 19.0. The van der Waals surface area contributed by atoms with Crippen molar-refractivity contribution in [3.8, 4) is 11.5 Å². The molecule has 3 amide bonds. The summed E-state index contributed by atoms with van der Waals surface area (Å²) < 4.78 is 11.8. The number of imidazole rings is 1. The van der Waals surface area contributed by atoms with E-state index < -0.39 is 0 Å². The first kappa shape index (κ1) is 47.3. The van der Waals surface area contributed by atoms with Gasteiger partial charge in [-0.3, -0.25) is 19.3 Å². The fourth-order valence-corrected chi connectivity index (χ4v) is 6.95. The molecular weight excluding hydrogens is 791 g/mol. The molecule has 0 radical (unpaired) electrons. The van der Waals surface area contributed by atoms with E-state index >= 15 is 0 Å². The van der Waals surface area contributed by atoms with Crippen molar-refractivity contribution in [1.29, 1.82) is 0 Å². The minimum absolute atomic E-state index is 0. The molecule has 2 aliphatic rings. The molecule has 2 N–H and O–H groups in total. The number of halogens is 3. The number of methoxy groups -OCH3 is 1. The lowest BCUT2D eigenvalue weighted by Crippen LogP contribution is -2.47. The van der Waals surface area contributed by atoms with Crippen LogP contribution in [0.3, 0.4) is 0 Å². The predicted molar refractivity (Wildman–Crippen MR) is 234 cm³/mol. The Morgan fingerprint density at radius 1 is 0.842 bits per heavy atom. The number of benzene rings is 3. The second kappa shape index (κ2) is 22.2. The zero-order valence-corrected chi connectivity index (χ0v) is 36.0. The van der Waals surface area contributed by atoms with Gasteiger partial charge in [-0.1, -0.05) is 12.1 Å². The summed E-state index contributed by atoms with van der Waals surface area (Å²) in [6.07, 6.45) is 3.05. The van der Waals surface area contributed by atoms with Gasteiger partial charge in [0, 0.05) is 71.4 Å². The van der Waals surface area contributed by atoms with E-state index in [4.69, 9.17) is 14.5 Å². The number of ether oxygens (including phenoxy) is 2. The third-order valence-electron chi connectivity index (χ3n) is 10.4. The molecule has 6 rings (SSSR count). The number of rotatable bonds is 14. The maximum absolute atomic E-state index is 13.8. The number of hydrogen-bond acceptors (Lipinski definition) is 9. The number of amides is 3. The van der Waals surface area contributed by atoms with E-state index in [9.17, 15) is 14.4 Å². The molecule has 13 nitrogen and oxygen atoms in total. The Morgan fingerprint density at radius 2 is 1.54 bits per heavy atom. The smallest absolute Gasteiger partial charge is 0.259 e. The van der Waals surface area contributed by atoms with Crippen LogP contribution >= 0.6 is 37.2 Å². The van der Waals surface area contributed by atoms with Gasteiger partial charge in [0.05, 0.1) is 42.7 Å². The molecule has 312 valence electrons. The van der Waals surface area contributed by atoms with Crippen LogP contribution in [0.4, 0.5) is 11.4 Å². The van der Waals surface area contributed by atoms with Crippen molar-refractivity contribution in [2.24, 2.45) is 0 Å². The van der Waals surface area contributed by atoms with Crippen molar-refractivity contribution in [2.75, 3.05) is 97.4 Å². The maximum atomic E-state index is 13.8. The first-order valence-corrected chi connectivity index (χ1v) is 19.0. The van der Waals surface area contributed by atoms with E-state index in [0.717, 1.165) is 88.5 Å². The molecule has 57 heavy (non-hydrogen) atoms. The molecule has 1 aromatic heterocycles. The average molecular weight is 848 g/mol. The van der Waals surface area contributed by atoms with Crippen LogP contribution in [0.5, 0.6) is 11.5 Å². The zero-order chi connectivity index (χ0) is 38.2. The van der Waals surface area contributed by atoms with Gasteiger partial charge in [0.15, 0.2) is 0 Å². The Morgan fingerprint density at radius 3 is 2.25 bits per heavy atom. The third kappa shape index (κ3) is 12.2. The van der Waals surface area contributed by atoms with E-state index in [1.165, 1.54) is 7.11 Å². The number of carbonyl (C=O) groups excluding carboxylic acids is 3. The Hall–Kier alpha value is -4.11. The van der Waals surface area contributed by atoms with Crippen LogP contribution in [0.15, 0.2) is 54.6 Å². The normalized spacial score (nSPS) is 14.9. The molecule has 16 heteroatoms. The maximum Gasteiger partial charge on any atom is 0.259 e. The average Bonchev–Trinajstić information content (AvgIpc) is 3.60. The largest absolute Gasteiger partial charge is 0.496 e. The monoisotopic (exact) mass is 846 g/mol. The summed E-state index contributed by atoms with van der Waals surface area (Å²) in [5, 5.41) is 3.01. The molecule has 4 aromatic rings. The number of fused-ring (bicyclic) bond motifs is 1. The molecule has 0 saturated carbocycles. The van der Waals surface area contributed by atoms with Crippen LogP contribution in [0, 0.1) is 6.92 Å². The number of hydrogen-bond donors (Lipinski definition) is 2. The Bertz CT molecular complexity index is 1950. The quantitative estimate of drug-likeness (QED) is 0.144. The van der Waals surface area contributed by atoms with Gasteiger partial charge in [-0.25, -0.2) is 4.98 Å². The first-order chi connectivity index (χ1) is 26.1. The van der Waals surface area contributed by atoms with E-state index in [0.29, 0.717) is 53.3 Å². The van der Waals surface area contributed by atoms with Crippen molar-refractivity contribution >= 4 is 77.4 Å². The fourth-order valence-electron chi connectivity index (χ4n) is 6.95. The predicted octanol–water partition coefficient (Wildman–Crippen LogP) is 6.13. The number of likely N-dealkylation sites (N-methyl/N-ethyl adjacent to an activating group) is 2. The topological polar surface area (TPSA) is 127 Å². The van der Waals surface area contributed by atoms with Gasteiger partial charge in [-0.15, -0.1) is 37.2 Å². The van der Waals surface area contributed by atoms with Crippen molar-refractivity contribution in [3.05, 3.63) is 77.1 Å². The van der Waals surface area contributed by atoms with E-state index in [1.54, 1.807) is 30.1 Å². The van der Waals surface area contributed by atoms with Gasteiger partial charge < -0.3 is 39.4 Å². The Kier molecular flexibility index (Phi) is 18.4. The second-order valence-corrected chi connectivity index (χ2v) is 14.5. The number of unbranched alkanes of at least 4 members (excludes halogenated alkanes) is 2. The lowest BCUT2D eigenvalue weighted by Gasteiger charge is -2.32. The summed E-state index contributed by atoms with van der Waals surface area (Å²) in [4.78, 5) is 58.7. The summed E-state index contributed by atoms with van der Waals surface area (Å²) in [5.74, 6) is 1.34. The van der Waals surface area contributed by atoms with Crippen molar-refractivity contribution in [1.82, 2.24) is 29.6 Å². The Balaban J connectivity index is 0.00000290. The summed E-state index contributed by atoms with van der Waals surface area (Å²) in [6, 6.07) is 16.3. The molecule has 2 saturated heterocycles. The summed E-state index contributed by atoms with van der Waals surface area (Å²) in [5.41, 5.74) is 4.44. The molecule has 3 heterocycles. The summed E-state index contributed by atoms with van der Waals surface area (Å²) in [7, 11) is 7.41. The van der Waals surface area contributed by atoms with Crippen LogP contribution in [-0.4, -0.2) is 135 Å². The van der Waals surface area contributed by atoms with Gasteiger partial charge >= 0.3 is 0 Å². The molecule has 0 unspecified atom stereocenters. The number of piperazine rings is 2. The van der Waals surface area contributed by atoms with Crippen molar-refractivity contribution < 1.29 is 23.9 Å². The van der Waals surface area contributed by atoms with Crippen LogP contribution < -0.4 is 19.7 Å². The number of nitrogens with one attached hydrogen (secondary N) is 2. The standard InChI is InChI=1S/C41H54N8O5.3ClH/c1-29-13-16-34(36(26-29)54-25-8-6-7-12-38(50)49-23-19-46(3)20-24-49)47(4)41(52)30-14-15-31(35(27-30)53-5)40(51)43-33-11-9-10-32-39(33)44-37(42-32)28-48-21-17-45(2)18-22-48;;;/h9-11,13-16,26-27H,6-8,12,17-25,28H2,1-5H3,(H,42,44)(H,43,51);3*1H. The van der Waals surface area contributed by atoms with Crippen LogP contribution in [0.25, 0.3) is 11.0 Å². The molecule has 2 fully saturated rings. The SMILES string of the molecule is COc1cc(C(=O)N(C)c2ccc(C)cc2OCCCCCC(=O)N2CCN(C)CC2)ccc1C(=O)Nc1cccc2[nH]c(CN3CCN(C)CC3)nc12.Cl.Cl.Cl. The minimum atomic E-state index is -0.367. The lowest BCUT2D eigenvalue weighted by molar-refractivity contribution is -0.132. The molecule has 0 atom stereocenters. The van der Waals surface area contributed by atoms with Crippen LogP contribution in [0.1, 0.15) is 57.8 Å².